The molecule has 0 saturated heterocycles. The van der Waals surface area contributed by atoms with Gasteiger partial charge in [0.2, 0.25) is 0 Å². The van der Waals surface area contributed by atoms with Crippen LogP contribution >= 0.6 is 15.9 Å². The molecule has 0 aliphatic carbocycles. The molecule has 0 spiro atoms. The Morgan fingerprint density at radius 1 is 1.46 bits per heavy atom. The van der Waals surface area contributed by atoms with Crippen LogP contribution in [-0.2, 0) is 0 Å². The number of aromatic nitrogens is 1. The van der Waals surface area contributed by atoms with Gasteiger partial charge in [0, 0.05) is 16.7 Å². The molecular formula is C9H14BrN3. The quantitative estimate of drug-likeness (QED) is 0.845. The molecule has 72 valence electrons. The van der Waals surface area contributed by atoms with Gasteiger partial charge in [-0.2, -0.15) is 0 Å². The Bertz CT molecular complexity index is 248. The van der Waals surface area contributed by atoms with Crippen molar-refractivity contribution < 1.29 is 0 Å². The molecule has 0 aliphatic heterocycles. The Morgan fingerprint density at radius 3 is 2.77 bits per heavy atom. The zero-order valence-electron chi connectivity index (χ0n) is 7.41. The van der Waals surface area contributed by atoms with Crippen molar-refractivity contribution in [3.05, 3.63) is 28.5 Å². The zero-order valence-corrected chi connectivity index (χ0v) is 9.00. The second-order valence-corrected chi connectivity index (χ2v) is 3.85. The minimum absolute atomic E-state index is 0.0108. The van der Waals surface area contributed by atoms with Crippen molar-refractivity contribution in [2.24, 2.45) is 11.5 Å². The first-order valence-electron chi connectivity index (χ1n) is 4.31. The molecule has 0 aromatic carbocycles. The van der Waals surface area contributed by atoms with Crippen molar-refractivity contribution in [1.29, 1.82) is 0 Å². The highest BCUT2D eigenvalue weighted by Gasteiger charge is 2.05. The van der Waals surface area contributed by atoms with E-state index in [9.17, 15) is 0 Å². The van der Waals surface area contributed by atoms with Gasteiger partial charge in [-0.25, -0.2) is 0 Å². The molecule has 1 rings (SSSR count). The summed E-state index contributed by atoms with van der Waals surface area (Å²) in [6.07, 6.45) is 3.60. The van der Waals surface area contributed by atoms with Gasteiger partial charge in [-0.3, -0.25) is 4.98 Å². The highest BCUT2D eigenvalue weighted by atomic mass is 79.9. The van der Waals surface area contributed by atoms with Crippen LogP contribution in [-0.4, -0.2) is 11.5 Å². The Morgan fingerprint density at radius 2 is 2.23 bits per heavy atom. The van der Waals surface area contributed by atoms with Crippen LogP contribution in [0.3, 0.4) is 0 Å². The average molecular weight is 244 g/mol. The maximum Gasteiger partial charge on any atom is 0.0571 e. The molecule has 1 atom stereocenters. The number of rotatable bonds is 4. The minimum Gasteiger partial charge on any atom is -0.330 e. The lowest BCUT2D eigenvalue weighted by Crippen LogP contribution is -2.13. The van der Waals surface area contributed by atoms with Gasteiger partial charge in [0.25, 0.3) is 0 Å². The summed E-state index contributed by atoms with van der Waals surface area (Å²) < 4.78 is 0.974. The third-order valence-electron chi connectivity index (χ3n) is 1.85. The number of nitrogens with two attached hydrogens (primary N) is 2. The number of halogens is 1. The molecule has 4 heteroatoms. The number of nitrogens with zero attached hydrogens (tertiary/aromatic N) is 1. The second kappa shape index (κ2) is 5.32. The van der Waals surface area contributed by atoms with E-state index in [0.717, 1.165) is 23.0 Å². The van der Waals surface area contributed by atoms with Crippen molar-refractivity contribution in [3.8, 4) is 0 Å². The van der Waals surface area contributed by atoms with Crippen LogP contribution in [0, 0.1) is 0 Å². The van der Waals surface area contributed by atoms with E-state index in [2.05, 4.69) is 20.9 Å². The SMILES string of the molecule is NCCC[C@H](N)c1ccc(Br)cn1. The van der Waals surface area contributed by atoms with Crippen LogP contribution in [0.4, 0.5) is 0 Å². The Kier molecular flexibility index (Phi) is 4.35. The van der Waals surface area contributed by atoms with Gasteiger partial charge in [-0.05, 0) is 47.4 Å². The highest BCUT2D eigenvalue weighted by molar-refractivity contribution is 9.10. The highest BCUT2D eigenvalue weighted by Crippen LogP contribution is 2.15. The van der Waals surface area contributed by atoms with Gasteiger partial charge >= 0.3 is 0 Å². The van der Waals surface area contributed by atoms with Crippen molar-refractivity contribution in [2.75, 3.05) is 6.54 Å². The first-order chi connectivity index (χ1) is 6.24. The van der Waals surface area contributed by atoms with E-state index in [-0.39, 0.29) is 6.04 Å². The van der Waals surface area contributed by atoms with Gasteiger partial charge in [-0.15, -0.1) is 0 Å². The summed E-state index contributed by atoms with van der Waals surface area (Å²) in [7, 11) is 0. The molecule has 0 amide bonds. The summed E-state index contributed by atoms with van der Waals surface area (Å²) in [5.41, 5.74) is 12.2. The first kappa shape index (κ1) is 10.6. The van der Waals surface area contributed by atoms with Gasteiger partial charge < -0.3 is 11.5 Å². The predicted octanol–water partition coefficient (Wildman–Crippen LogP) is 1.58. The molecule has 1 aromatic heterocycles. The van der Waals surface area contributed by atoms with Crippen molar-refractivity contribution >= 4 is 15.9 Å². The molecular weight excluding hydrogens is 230 g/mol. The lowest BCUT2D eigenvalue weighted by molar-refractivity contribution is 0.603. The zero-order chi connectivity index (χ0) is 9.68. The molecule has 3 nitrogen and oxygen atoms in total. The molecule has 0 bridgehead atoms. The standard InChI is InChI=1S/C9H14BrN3/c10-7-3-4-9(13-6-7)8(12)2-1-5-11/h3-4,6,8H,1-2,5,11-12H2/t8-/m0/s1. The average Bonchev–Trinajstić information content (AvgIpc) is 2.15. The molecule has 1 aromatic rings. The first-order valence-corrected chi connectivity index (χ1v) is 5.10. The number of hydrogen-bond donors (Lipinski definition) is 2. The number of pyridine rings is 1. The second-order valence-electron chi connectivity index (χ2n) is 2.94. The van der Waals surface area contributed by atoms with E-state index in [4.69, 9.17) is 11.5 Å². The predicted molar refractivity (Wildman–Crippen MR) is 57.2 cm³/mol. The van der Waals surface area contributed by atoms with E-state index in [0.29, 0.717) is 6.54 Å². The maximum absolute atomic E-state index is 5.90. The van der Waals surface area contributed by atoms with Crippen LogP contribution in [0.25, 0.3) is 0 Å². The fourth-order valence-electron chi connectivity index (χ4n) is 1.09. The molecule has 1 heterocycles. The molecule has 0 aliphatic rings. The molecule has 0 saturated carbocycles. The smallest absolute Gasteiger partial charge is 0.0571 e. The molecule has 0 radical (unpaired) electrons. The third kappa shape index (κ3) is 3.42. The fraction of sp³-hybridized carbons (Fsp3) is 0.444. The summed E-state index contributed by atoms with van der Waals surface area (Å²) >= 11 is 3.32. The van der Waals surface area contributed by atoms with E-state index < -0.39 is 0 Å². The van der Waals surface area contributed by atoms with E-state index in [1.54, 1.807) is 6.20 Å². The minimum atomic E-state index is 0.0108. The summed E-state index contributed by atoms with van der Waals surface area (Å²) in [4.78, 5) is 4.22. The Balaban J connectivity index is 2.55. The molecule has 0 unspecified atom stereocenters. The van der Waals surface area contributed by atoms with Crippen molar-refractivity contribution in [3.63, 3.8) is 0 Å². The van der Waals surface area contributed by atoms with Gasteiger partial charge in [0.15, 0.2) is 0 Å². The van der Waals surface area contributed by atoms with E-state index >= 15 is 0 Å². The molecule has 13 heavy (non-hydrogen) atoms. The topological polar surface area (TPSA) is 64.9 Å². The van der Waals surface area contributed by atoms with Crippen LogP contribution in [0.5, 0.6) is 0 Å². The molecule has 0 fully saturated rings. The van der Waals surface area contributed by atoms with Crippen LogP contribution in [0.15, 0.2) is 22.8 Å². The summed E-state index contributed by atoms with van der Waals surface area (Å²) in [6, 6.07) is 3.90. The third-order valence-corrected chi connectivity index (χ3v) is 2.32. The Labute approximate surface area is 86.7 Å². The summed E-state index contributed by atoms with van der Waals surface area (Å²) in [5, 5.41) is 0. The largest absolute Gasteiger partial charge is 0.330 e. The van der Waals surface area contributed by atoms with Gasteiger partial charge in [0.1, 0.15) is 0 Å². The Hall–Kier alpha value is -0.450. The maximum atomic E-state index is 5.90. The summed E-state index contributed by atoms with van der Waals surface area (Å²) in [6.45, 7) is 0.685. The normalized spacial score (nSPS) is 12.8. The van der Waals surface area contributed by atoms with Gasteiger partial charge in [-0.1, -0.05) is 0 Å². The fourth-order valence-corrected chi connectivity index (χ4v) is 1.33. The molecule has 4 N–H and O–H groups in total. The van der Waals surface area contributed by atoms with E-state index in [1.807, 2.05) is 12.1 Å². The summed E-state index contributed by atoms with van der Waals surface area (Å²) in [5.74, 6) is 0. The van der Waals surface area contributed by atoms with Crippen molar-refractivity contribution in [2.45, 2.75) is 18.9 Å². The van der Waals surface area contributed by atoms with Gasteiger partial charge in [0.05, 0.1) is 5.69 Å². The number of hydrogen-bond acceptors (Lipinski definition) is 3. The van der Waals surface area contributed by atoms with Crippen molar-refractivity contribution in [1.82, 2.24) is 4.98 Å². The lowest BCUT2D eigenvalue weighted by atomic mass is 10.1. The van der Waals surface area contributed by atoms with Crippen LogP contribution in [0.1, 0.15) is 24.6 Å². The monoisotopic (exact) mass is 243 g/mol. The van der Waals surface area contributed by atoms with E-state index in [1.165, 1.54) is 0 Å². The van der Waals surface area contributed by atoms with Crippen LogP contribution < -0.4 is 11.5 Å². The lowest BCUT2D eigenvalue weighted by Gasteiger charge is -2.09. The van der Waals surface area contributed by atoms with Crippen LogP contribution in [0.2, 0.25) is 0 Å².